The van der Waals surface area contributed by atoms with Gasteiger partial charge in [-0.3, -0.25) is 14.6 Å². The van der Waals surface area contributed by atoms with Crippen LogP contribution in [0.25, 0.3) is 10.9 Å². The van der Waals surface area contributed by atoms with Crippen molar-refractivity contribution >= 4 is 23.0 Å². The van der Waals surface area contributed by atoms with E-state index in [-0.39, 0.29) is 11.5 Å². The van der Waals surface area contributed by atoms with E-state index in [1.807, 2.05) is 26.0 Å². The van der Waals surface area contributed by atoms with E-state index < -0.39 is 0 Å². The van der Waals surface area contributed by atoms with E-state index in [0.717, 1.165) is 22.0 Å². The minimum Gasteiger partial charge on any atom is -0.321 e. The summed E-state index contributed by atoms with van der Waals surface area (Å²) >= 11 is 0. The van der Waals surface area contributed by atoms with Crippen LogP contribution < -0.4 is 11.0 Å². The molecule has 3 aromatic rings. The molecule has 0 unspecified atom stereocenters. The normalized spacial score (nSPS) is 11.1. The highest BCUT2D eigenvalue weighted by molar-refractivity contribution is 5.95. The number of aromatic amines is 1. The van der Waals surface area contributed by atoms with Crippen LogP contribution in [0.2, 0.25) is 0 Å². The van der Waals surface area contributed by atoms with Gasteiger partial charge in [-0.2, -0.15) is 5.10 Å². The van der Waals surface area contributed by atoms with Crippen LogP contribution >= 0.6 is 0 Å². The van der Waals surface area contributed by atoms with E-state index in [1.54, 1.807) is 18.2 Å². The quantitative estimate of drug-likeness (QED) is 0.573. The largest absolute Gasteiger partial charge is 0.321 e. The van der Waals surface area contributed by atoms with Gasteiger partial charge in [0.25, 0.3) is 11.5 Å². The van der Waals surface area contributed by atoms with Crippen molar-refractivity contribution in [1.29, 1.82) is 0 Å². The van der Waals surface area contributed by atoms with Crippen molar-refractivity contribution in [3.05, 3.63) is 75.3 Å². The lowest BCUT2D eigenvalue weighted by atomic mass is 10.1. The number of hydrazone groups is 1. The molecular formula is C18H16N4O2. The van der Waals surface area contributed by atoms with Crippen molar-refractivity contribution in [3.8, 4) is 0 Å². The molecule has 0 spiro atoms. The van der Waals surface area contributed by atoms with E-state index in [0.29, 0.717) is 11.1 Å². The van der Waals surface area contributed by atoms with Crippen molar-refractivity contribution in [3.63, 3.8) is 0 Å². The van der Waals surface area contributed by atoms with Crippen LogP contribution in [0.4, 0.5) is 0 Å². The number of hydrogen-bond donors (Lipinski definition) is 2. The molecule has 0 aliphatic heterocycles. The van der Waals surface area contributed by atoms with Gasteiger partial charge in [0.05, 0.1) is 17.3 Å². The highest BCUT2D eigenvalue weighted by Gasteiger charge is 2.05. The molecule has 120 valence electrons. The number of pyridine rings is 2. The zero-order valence-corrected chi connectivity index (χ0v) is 13.3. The molecule has 0 atom stereocenters. The maximum Gasteiger partial charge on any atom is 0.271 e. The van der Waals surface area contributed by atoms with Gasteiger partial charge in [-0.1, -0.05) is 11.6 Å². The number of aryl methyl sites for hydroxylation is 2. The van der Waals surface area contributed by atoms with Crippen LogP contribution in [-0.4, -0.2) is 22.1 Å². The van der Waals surface area contributed by atoms with E-state index in [9.17, 15) is 9.59 Å². The predicted octanol–water partition coefficient (Wildman–Crippen LogP) is 2.30. The standard InChI is InChI=1S/C18H16N4O2/c1-11-7-12(2)16-14(8-11)9-15(17(23)21-16)10-20-22-18(24)13-3-5-19-6-4-13/h3-10H,1-2H3,(H,21,23)(H,22,24)/b20-10+. The third-order valence-corrected chi connectivity index (χ3v) is 3.63. The van der Waals surface area contributed by atoms with Crippen molar-refractivity contribution in [2.45, 2.75) is 13.8 Å². The number of hydrogen-bond acceptors (Lipinski definition) is 4. The van der Waals surface area contributed by atoms with E-state index in [1.165, 1.54) is 18.6 Å². The minimum absolute atomic E-state index is 0.253. The lowest BCUT2D eigenvalue weighted by molar-refractivity contribution is 0.0955. The summed E-state index contributed by atoms with van der Waals surface area (Å²) in [6.07, 6.45) is 4.39. The van der Waals surface area contributed by atoms with Gasteiger partial charge in [-0.25, -0.2) is 5.43 Å². The van der Waals surface area contributed by atoms with Crippen LogP contribution in [0, 0.1) is 13.8 Å². The topological polar surface area (TPSA) is 87.2 Å². The van der Waals surface area contributed by atoms with E-state index >= 15 is 0 Å². The number of aromatic nitrogens is 2. The Morgan fingerprint density at radius 3 is 2.71 bits per heavy atom. The molecule has 3 rings (SSSR count). The average Bonchev–Trinajstić information content (AvgIpc) is 2.57. The molecule has 0 fully saturated rings. The molecule has 6 nitrogen and oxygen atoms in total. The Morgan fingerprint density at radius 2 is 1.96 bits per heavy atom. The fourth-order valence-corrected chi connectivity index (χ4v) is 2.53. The molecule has 0 radical (unpaired) electrons. The van der Waals surface area contributed by atoms with Gasteiger partial charge in [0, 0.05) is 18.0 Å². The first-order valence-electron chi connectivity index (χ1n) is 7.42. The lowest BCUT2D eigenvalue weighted by Crippen LogP contribution is -2.19. The minimum atomic E-state index is -0.363. The summed E-state index contributed by atoms with van der Waals surface area (Å²) in [6.45, 7) is 3.95. The summed E-state index contributed by atoms with van der Waals surface area (Å²) in [5.41, 5.74) is 5.90. The fraction of sp³-hybridized carbons (Fsp3) is 0.111. The van der Waals surface area contributed by atoms with Gasteiger partial charge in [-0.15, -0.1) is 0 Å². The number of H-pyrrole nitrogens is 1. The first-order valence-corrected chi connectivity index (χ1v) is 7.42. The summed E-state index contributed by atoms with van der Waals surface area (Å²) in [5.74, 6) is -0.363. The maximum absolute atomic E-state index is 12.1. The summed E-state index contributed by atoms with van der Waals surface area (Å²) in [4.78, 5) is 30.7. The zero-order valence-electron chi connectivity index (χ0n) is 13.3. The highest BCUT2D eigenvalue weighted by atomic mass is 16.2. The molecule has 2 heterocycles. The molecule has 24 heavy (non-hydrogen) atoms. The second-order valence-corrected chi connectivity index (χ2v) is 5.53. The molecule has 2 N–H and O–H groups in total. The van der Waals surface area contributed by atoms with Gasteiger partial charge in [-0.05, 0) is 49.1 Å². The lowest BCUT2D eigenvalue weighted by Gasteiger charge is -2.05. The van der Waals surface area contributed by atoms with Crippen molar-refractivity contribution in [1.82, 2.24) is 15.4 Å². The van der Waals surface area contributed by atoms with Crippen molar-refractivity contribution < 1.29 is 4.79 Å². The number of nitrogens with zero attached hydrogens (tertiary/aromatic N) is 2. The Kier molecular flexibility index (Phi) is 4.20. The zero-order chi connectivity index (χ0) is 17.1. The van der Waals surface area contributed by atoms with Gasteiger partial charge < -0.3 is 4.98 Å². The second kappa shape index (κ2) is 6.45. The van der Waals surface area contributed by atoms with Gasteiger partial charge in [0.1, 0.15) is 0 Å². The van der Waals surface area contributed by atoms with E-state index in [2.05, 4.69) is 20.5 Å². The second-order valence-electron chi connectivity index (χ2n) is 5.53. The number of fused-ring (bicyclic) bond motifs is 1. The first-order chi connectivity index (χ1) is 11.5. The summed E-state index contributed by atoms with van der Waals surface area (Å²) in [6, 6.07) is 8.93. The van der Waals surface area contributed by atoms with Crippen LogP contribution in [0.1, 0.15) is 27.0 Å². The Hall–Kier alpha value is -3.28. The van der Waals surface area contributed by atoms with E-state index in [4.69, 9.17) is 0 Å². The van der Waals surface area contributed by atoms with Crippen LogP contribution in [0.15, 0.2) is 52.6 Å². The van der Waals surface area contributed by atoms with Gasteiger partial charge in [0.15, 0.2) is 0 Å². The molecule has 0 saturated heterocycles. The third-order valence-electron chi connectivity index (χ3n) is 3.63. The Bertz CT molecular complexity index is 991. The molecule has 6 heteroatoms. The Labute approximate surface area is 138 Å². The number of nitrogens with one attached hydrogen (secondary N) is 2. The SMILES string of the molecule is Cc1cc(C)c2[nH]c(=O)c(/C=N/NC(=O)c3ccncc3)cc2c1. The Morgan fingerprint density at radius 1 is 1.21 bits per heavy atom. The fourth-order valence-electron chi connectivity index (χ4n) is 2.53. The molecule has 1 amide bonds. The van der Waals surface area contributed by atoms with Crippen LogP contribution in [0.5, 0.6) is 0 Å². The Balaban J connectivity index is 1.86. The van der Waals surface area contributed by atoms with Gasteiger partial charge >= 0.3 is 0 Å². The first kappa shape index (κ1) is 15.6. The summed E-state index contributed by atoms with van der Waals surface area (Å²) in [7, 11) is 0. The molecule has 0 saturated carbocycles. The monoisotopic (exact) mass is 320 g/mol. The number of rotatable bonds is 3. The average molecular weight is 320 g/mol. The highest BCUT2D eigenvalue weighted by Crippen LogP contribution is 2.17. The van der Waals surface area contributed by atoms with Crippen molar-refractivity contribution in [2.24, 2.45) is 5.10 Å². The summed E-state index contributed by atoms with van der Waals surface area (Å²) < 4.78 is 0. The van der Waals surface area contributed by atoms with Gasteiger partial charge in [0.2, 0.25) is 0 Å². The predicted molar refractivity (Wildman–Crippen MR) is 93.3 cm³/mol. The third kappa shape index (κ3) is 3.22. The molecule has 0 aliphatic rings. The molecule has 0 aliphatic carbocycles. The molecular weight excluding hydrogens is 304 g/mol. The number of benzene rings is 1. The molecule has 2 aromatic heterocycles. The van der Waals surface area contributed by atoms with Crippen molar-refractivity contribution in [2.75, 3.05) is 0 Å². The smallest absolute Gasteiger partial charge is 0.271 e. The van der Waals surface area contributed by atoms with Crippen LogP contribution in [0.3, 0.4) is 0 Å². The summed E-state index contributed by atoms with van der Waals surface area (Å²) in [5, 5.41) is 4.79. The number of amides is 1. The van der Waals surface area contributed by atoms with Crippen LogP contribution in [-0.2, 0) is 0 Å². The maximum atomic E-state index is 12.1. The molecule has 1 aromatic carbocycles. The number of carbonyl (C=O) groups is 1. The molecule has 0 bridgehead atoms. The number of carbonyl (C=O) groups excluding carboxylic acids is 1.